The van der Waals surface area contributed by atoms with Crippen LogP contribution in [0.3, 0.4) is 0 Å². The van der Waals surface area contributed by atoms with Crippen molar-refractivity contribution < 1.29 is 35.0 Å². The van der Waals surface area contributed by atoms with Crippen LogP contribution in [0.1, 0.15) is 12.8 Å². The maximum absolute atomic E-state index is 11.0. The van der Waals surface area contributed by atoms with Crippen LogP contribution in [0.15, 0.2) is 0 Å². The molecule has 1 aliphatic carbocycles. The van der Waals surface area contributed by atoms with Gasteiger partial charge >= 0.3 is 5.97 Å². The SMILES string of the molecule is COOC1(C(=O)O)C[C@@H](O)C(O)[C@H](O)C1. The summed E-state index contributed by atoms with van der Waals surface area (Å²) in [5.74, 6) is -1.35. The van der Waals surface area contributed by atoms with E-state index >= 15 is 0 Å². The Balaban J connectivity index is 2.86. The Labute approximate surface area is 85.8 Å². The van der Waals surface area contributed by atoms with Crippen LogP contribution in [-0.2, 0) is 14.6 Å². The first-order valence-corrected chi connectivity index (χ1v) is 4.42. The Kier molecular flexibility index (Phi) is 3.63. The van der Waals surface area contributed by atoms with Crippen LogP contribution in [0.4, 0.5) is 0 Å². The van der Waals surface area contributed by atoms with E-state index in [0.717, 1.165) is 7.11 Å². The summed E-state index contributed by atoms with van der Waals surface area (Å²) in [6.07, 6.45) is -4.76. The van der Waals surface area contributed by atoms with E-state index in [1.54, 1.807) is 0 Å². The second-order valence-corrected chi connectivity index (χ2v) is 3.58. The molecule has 0 aromatic rings. The largest absolute Gasteiger partial charge is 0.479 e. The van der Waals surface area contributed by atoms with Crippen LogP contribution in [0.25, 0.3) is 0 Å². The topological polar surface area (TPSA) is 116 Å². The molecule has 1 fully saturated rings. The van der Waals surface area contributed by atoms with Gasteiger partial charge in [0.2, 0.25) is 5.60 Å². The van der Waals surface area contributed by atoms with Gasteiger partial charge < -0.3 is 20.4 Å². The Bertz CT molecular complexity index is 229. The molecule has 7 nitrogen and oxygen atoms in total. The first-order valence-electron chi connectivity index (χ1n) is 4.42. The van der Waals surface area contributed by atoms with Gasteiger partial charge in [-0.05, 0) is 0 Å². The standard InChI is InChI=1S/C8H14O7/c1-14-15-8(7(12)13)2-4(9)6(11)5(10)3-8/h4-6,9-11H,2-3H2,1H3,(H,12,13)/t4-,5-,6?,8?/m1/s1. The van der Waals surface area contributed by atoms with E-state index in [0.29, 0.717) is 0 Å². The lowest BCUT2D eigenvalue weighted by atomic mass is 9.80. The van der Waals surface area contributed by atoms with Gasteiger partial charge in [-0.15, -0.1) is 0 Å². The maximum atomic E-state index is 11.0. The molecule has 0 bridgehead atoms. The Morgan fingerprint density at radius 1 is 1.27 bits per heavy atom. The van der Waals surface area contributed by atoms with Crippen molar-refractivity contribution in [1.82, 2.24) is 0 Å². The molecule has 0 aromatic heterocycles. The summed E-state index contributed by atoms with van der Waals surface area (Å²) in [4.78, 5) is 19.8. The van der Waals surface area contributed by atoms with E-state index in [9.17, 15) is 20.1 Å². The van der Waals surface area contributed by atoms with E-state index in [1.807, 2.05) is 0 Å². The highest BCUT2D eigenvalue weighted by Gasteiger charge is 2.52. The van der Waals surface area contributed by atoms with Gasteiger partial charge in [-0.1, -0.05) is 0 Å². The molecule has 2 atom stereocenters. The van der Waals surface area contributed by atoms with Gasteiger partial charge in [-0.25, -0.2) is 14.6 Å². The Morgan fingerprint density at radius 3 is 2.07 bits per heavy atom. The monoisotopic (exact) mass is 222 g/mol. The quantitative estimate of drug-likeness (QED) is 0.331. The molecule has 0 amide bonds. The summed E-state index contributed by atoms with van der Waals surface area (Å²) >= 11 is 0. The van der Waals surface area contributed by atoms with Gasteiger partial charge in [0.1, 0.15) is 6.10 Å². The van der Waals surface area contributed by atoms with Gasteiger partial charge in [0.05, 0.1) is 19.3 Å². The van der Waals surface area contributed by atoms with Crippen molar-refractivity contribution in [3.05, 3.63) is 0 Å². The molecule has 7 heteroatoms. The number of rotatable bonds is 3. The lowest BCUT2D eigenvalue weighted by Crippen LogP contribution is -2.57. The first kappa shape index (κ1) is 12.3. The highest BCUT2D eigenvalue weighted by atomic mass is 17.2. The van der Waals surface area contributed by atoms with Crippen molar-refractivity contribution in [3.8, 4) is 0 Å². The zero-order valence-corrected chi connectivity index (χ0v) is 8.16. The summed E-state index contributed by atoms with van der Waals surface area (Å²) in [5, 5.41) is 36.9. The van der Waals surface area contributed by atoms with E-state index in [2.05, 4.69) is 9.78 Å². The van der Waals surface area contributed by atoms with Crippen molar-refractivity contribution in [2.24, 2.45) is 0 Å². The lowest BCUT2D eigenvalue weighted by Gasteiger charge is -2.39. The summed E-state index contributed by atoms with van der Waals surface area (Å²) in [5.41, 5.74) is -1.81. The lowest BCUT2D eigenvalue weighted by molar-refractivity contribution is -0.356. The summed E-state index contributed by atoms with van der Waals surface area (Å²) in [7, 11) is 1.13. The van der Waals surface area contributed by atoms with Crippen molar-refractivity contribution in [1.29, 1.82) is 0 Å². The Morgan fingerprint density at radius 2 is 1.73 bits per heavy atom. The average molecular weight is 222 g/mol. The molecule has 0 saturated heterocycles. The second-order valence-electron chi connectivity index (χ2n) is 3.58. The molecule has 0 spiro atoms. The number of carboxylic acids is 1. The fraction of sp³-hybridized carbons (Fsp3) is 0.875. The molecule has 0 unspecified atom stereocenters. The summed E-state index contributed by atoms with van der Waals surface area (Å²) in [6, 6.07) is 0. The molecule has 1 saturated carbocycles. The molecule has 1 aliphatic rings. The predicted octanol–water partition coefficient (Wildman–Crippen LogP) is -1.74. The van der Waals surface area contributed by atoms with Crippen LogP contribution >= 0.6 is 0 Å². The first-order chi connectivity index (χ1) is 6.93. The van der Waals surface area contributed by atoms with Gasteiger partial charge in [0.25, 0.3) is 0 Å². The fourth-order valence-corrected chi connectivity index (χ4v) is 1.69. The number of aliphatic hydroxyl groups excluding tert-OH is 3. The minimum atomic E-state index is -1.81. The second kappa shape index (κ2) is 4.42. The van der Waals surface area contributed by atoms with Gasteiger partial charge in [-0.2, -0.15) is 0 Å². The normalized spacial score (nSPS) is 41.5. The third-order valence-electron chi connectivity index (χ3n) is 2.50. The average Bonchev–Trinajstić information content (AvgIpc) is 2.14. The van der Waals surface area contributed by atoms with Crippen LogP contribution in [0, 0.1) is 0 Å². The summed E-state index contributed by atoms with van der Waals surface area (Å²) < 4.78 is 0. The van der Waals surface area contributed by atoms with E-state index in [1.165, 1.54) is 0 Å². The summed E-state index contributed by atoms with van der Waals surface area (Å²) in [6.45, 7) is 0. The molecule has 15 heavy (non-hydrogen) atoms. The molecule has 0 heterocycles. The number of carboxylic acid groups (broad SMARTS) is 1. The van der Waals surface area contributed by atoms with Gasteiger partial charge in [-0.3, -0.25) is 0 Å². The highest BCUT2D eigenvalue weighted by molar-refractivity contribution is 5.77. The molecule has 88 valence electrons. The smallest absolute Gasteiger partial charge is 0.339 e. The van der Waals surface area contributed by atoms with Crippen LogP contribution in [0.5, 0.6) is 0 Å². The van der Waals surface area contributed by atoms with Gasteiger partial charge in [0.15, 0.2) is 0 Å². The van der Waals surface area contributed by atoms with Crippen molar-refractivity contribution in [2.45, 2.75) is 36.8 Å². The highest BCUT2D eigenvalue weighted by Crippen LogP contribution is 2.32. The van der Waals surface area contributed by atoms with Crippen molar-refractivity contribution in [3.63, 3.8) is 0 Å². The van der Waals surface area contributed by atoms with Crippen molar-refractivity contribution in [2.75, 3.05) is 7.11 Å². The molecular formula is C8H14O7. The molecule has 0 radical (unpaired) electrons. The van der Waals surface area contributed by atoms with E-state index < -0.39 is 29.9 Å². The molecule has 0 aromatic carbocycles. The Hall–Kier alpha value is -0.730. The van der Waals surface area contributed by atoms with Crippen LogP contribution in [-0.4, -0.2) is 57.4 Å². The molecule has 4 N–H and O–H groups in total. The number of hydrogen-bond donors (Lipinski definition) is 4. The molecule has 1 rings (SSSR count). The minimum absolute atomic E-state index is 0.339. The predicted molar refractivity (Wildman–Crippen MR) is 45.7 cm³/mol. The zero-order chi connectivity index (χ0) is 11.6. The maximum Gasteiger partial charge on any atom is 0.339 e. The zero-order valence-electron chi connectivity index (χ0n) is 8.16. The third kappa shape index (κ3) is 2.27. The van der Waals surface area contributed by atoms with Crippen LogP contribution < -0.4 is 0 Å². The van der Waals surface area contributed by atoms with E-state index in [-0.39, 0.29) is 12.8 Å². The van der Waals surface area contributed by atoms with E-state index in [4.69, 9.17) is 5.11 Å². The van der Waals surface area contributed by atoms with Crippen LogP contribution in [0.2, 0.25) is 0 Å². The van der Waals surface area contributed by atoms with Gasteiger partial charge in [0, 0.05) is 12.8 Å². The molecule has 0 aliphatic heterocycles. The number of carbonyl (C=O) groups is 1. The number of aliphatic carboxylic acids is 1. The third-order valence-corrected chi connectivity index (χ3v) is 2.50. The number of aliphatic hydroxyl groups is 3. The van der Waals surface area contributed by atoms with Crippen molar-refractivity contribution >= 4 is 5.97 Å². The number of hydrogen-bond acceptors (Lipinski definition) is 6. The minimum Gasteiger partial charge on any atom is -0.479 e. The fourth-order valence-electron chi connectivity index (χ4n) is 1.69. The molecular weight excluding hydrogens is 208 g/mol.